The van der Waals surface area contributed by atoms with E-state index in [1.807, 2.05) is 0 Å². The second-order valence-electron chi connectivity index (χ2n) is 3.94. The summed E-state index contributed by atoms with van der Waals surface area (Å²) in [6.45, 7) is 0. The smallest absolute Gasteiger partial charge is 0.210 e. The maximum atomic E-state index is 12.1. The van der Waals surface area contributed by atoms with Crippen molar-refractivity contribution in [1.82, 2.24) is 4.90 Å². The number of carbonyl (C=O) groups excluding carboxylic acids is 2. The molecule has 1 aliphatic rings. The third-order valence-corrected chi connectivity index (χ3v) is 3.24. The lowest BCUT2D eigenvalue weighted by Gasteiger charge is -2.21. The van der Waals surface area contributed by atoms with E-state index in [1.54, 1.807) is 25.1 Å². The molecule has 0 unspecified atom stereocenters. The molecule has 0 spiro atoms. The number of benzene rings is 1. The lowest BCUT2D eigenvalue weighted by Crippen LogP contribution is -2.26. The van der Waals surface area contributed by atoms with Crippen LogP contribution in [-0.4, -0.2) is 35.7 Å². The van der Waals surface area contributed by atoms with E-state index in [0.717, 1.165) is 0 Å². The zero-order chi connectivity index (χ0) is 12.7. The Morgan fingerprint density at radius 2 is 1.88 bits per heavy atom. The molecular formula is C12H10BrNO3. The minimum Gasteiger partial charge on any atom is -0.506 e. The summed E-state index contributed by atoms with van der Waals surface area (Å²) >= 11 is 3.12. The highest BCUT2D eigenvalue weighted by molar-refractivity contribution is 9.10. The van der Waals surface area contributed by atoms with Gasteiger partial charge in [-0.1, -0.05) is 0 Å². The summed E-state index contributed by atoms with van der Waals surface area (Å²) in [5.74, 6) is -0.801. The average Bonchev–Trinajstić information content (AvgIpc) is 2.26. The van der Waals surface area contributed by atoms with Crippen LogP contribution >= 0.6 is 15.9 Å². The summed E-state index contributed by atoms with van der Waals surface area (Å²) < 4.78 is 0.402. The van der Waals surface area contributed by atoms with Crippen molar-refractivity contribution in [3.63, 3.8) is 0 Å². The van der Waals surface area contributed by atoms with E-state index in [0.29, 0.717) is 10.2 Å². The standard InChI is InChI=1S/C12H10BrNO3/c1-14(2)8-5-9(15)10-6(11(8)16)3-4-7(13)12(10)17/h3-5,17H,1-2H3. The Morgan fingerprint density at radius 1 is 1.24 bits per heavy atom. The molecular weight excluding hydrogens is 286 g/mol. The van der Waals surface area contributed by atoms with Crippen LogP contribution in [0.15, 0.2) is 28.4 Å². The van der Waals surface area contributed by atoms with Crippen LogP contribution in [0.4, 0.5) is 0 Å². The number of hydrogen-bond donors (Lipinski definition) is 1. The highest BCUT2D eigenvalue weighted by Crippen LogP contribution is 2.34. The lowest BCUT2D eigenvalue weighted by molar-refractivity contribution is 0.0960. The Morgan fingerprint density at radius 3 is 2.47 bits per heavy atom. The largest absolute Gasteiger partial charge is 0.506 e. The van der Waals surface area contributed by atoms with Crippen molar-refractivity contribution < 1.29 is 14.7 Å². The quantitative estimate of drug-likeness (QED) is 0.861. The highest BCUT2D eigenvalue weighted by atomic mass is 79.9. The number of fused-ring (bicyclic) bond motifs is 1. The second-order valence-corrected chi connectivity index (χ2v) is 4.79. The number of ketones is 2. The Hall–Kier alpha value is -1.62. The van der Waals surface area contributed by atoms with Gasteiger partial charge >= 0.3 is 0 Å². The molecule has 1 N–H and O–H groups in total. The molecule has 0 saturated heterocycles. The van der Waals surface area contributed by atoms with Crippen molar-refractivity contribution >= 4 is 27.5 Å². The second kappa shape index (κ2) is 4.00. The minimum absolute atomic E-state index is 0.0648. The summed E-state index contributed by atoms with van der Waals surface area (Å²) in [6.07, 6.45) is 1.25. The first-order valence-electron chi connectivity index (χ1n) is 4.93. The van der Waals surface area contributed by atoms with Crippen LogP contribution in [0.1, 0.15) is 20.7 Å². The maximum Gasteiger partial charge on any atom is 0.210 e. The Balaban J connectivity index is 2.68. The number of halogens is 1. The van der Waals surface area contributed by atoms with E-state index in [9.17, 15) is 14.7 Å². The number of likely N-dealkylation sites (N-methyl/N-ethyl adjacent to an activating group) is 1. The Labute approximate surface area is 107 Å². The van der Waals surface area contributed by atoms with Gasteiger partial charge in [0.05, 0.1) is 15.7 Å². The van der Waals surface area contributed by atoms with Gasteiger partial charge in [-0.15, -0.1) is 0 Å². The molecule has 88 valence electrons. The van der Waals surface area contributed by atoms with E-state index in [2.05, 4.69) is 15.9 Å². The Kier molecular flexibility index (Phi) is 2.79. The van der Waals surface area contributed by atoms with Crippen molar-refractivity contribution in [1.29, 1.82) is 0 Å². The van der Waals surface area contributed by atoms with Gasteiger partial charge in [0.2, 0.25) is 5.78 Å². The number of carbonyl (C=O) groups is 2. The molecule has 0 amide bonds. The summed E-state index contributed by atoms with van der Waals surface area (Å²) in [5, 5.41) is 9.79. The van der Waals surface area contributed by atoms with Gasteiger partial charge in [0.15, 0.2) is 5.78 Å². The van der Waals surface area contributed by atoms with E-state index in [4.69, 9.17) is 0 Å². The molecule has 5 heteroatoms. The SMILES string of the molecule is CN(C)C1=CC(=O)c2c(ccc(Br)c2O)C1=O. The summed E-state index contributed by atoms with van der Waals surface area (Å²) in [6, 6.07) is 3.09. The molecule has 0 bridgehead atoms. The average molecular weight is 296 g/mol. The molecule has 1 aromatic rings. The van der Waals surface area contributed by atoms with Gasteiger partial charge in [-0.25, -0.2) is 0 Å². The van der Waals surface area contributed by atoms with Crippen LogP contribution in [0.2, 0.25) is 0 Å². The van der Waals surface area contributed by atoms with Gasteiger partial charge in [-0.3, -0.25) is 9.59 Å². The van der Waals surface area contributed by atoms with Crippen molar-refractivity contribution in [3.8, 4) is 5.75 Å². The molecule has 1 aromatic carbocycles. The number of phenols is 1. The Bertz CT molecular complexity index is 561. The van der Waals surface area contributed by atoms with Crippen LogP contribution in [0.5, 0.6) is 5.75 Å². The highest BCUT2D eigenvalue weighted by Gasteiger charge is 2.29. The maximum absolute atomic E-state index is 12.1. The third kappa shape index (κ3) is 1.76. The molecule has 0 radical (unpaired) electrons. The minimum atomic E-state index is -0.359. The summed E-state index contributed by atoms with van der Waals surface area (Å²) in [5.41, 5.74) is 0.626. The van der Waals surface area contributed by atoms with Crippen molar-refractivity contribution in [2.45, 2.75) is 0 Å². The number of hydrogen-bond acceptors (Lipinski definition) is 4. The third-order valence-electron chi connectivity index (χ3n) is 2.60. The van der Waals surface area contributed by atoms with Crippen LogP contribution in [-0.2, 0) is 0 Å². The molecule has 0 saturated carbocycles. The number of Topliss-reactive ketones (excluding diaryl/α,β-unsaturated/α-hetero) is 1. The zero-order valence-corrected chi connectivity index (χ0v) is 10.9. The number of phenolic OH excluding ortho intramolecular Hbond substituents is 1. The van der Waals surface area contributed by atoms with Gasteiger partial charge in [-0.2, -0.15) is 0 Å². The molecule has 0 atom stereocenters. The fourth-order valence-corrected chi connectivity index (χ4v) is 2.07. The molecule has 17 heavy (non-hydrogen) atoms. The van der Waals surface area contributed by atoms with Gasteiger partial charge in [0.25, 0.3) is 0 Å². The monoisotopic (exact) mass is 295 g/mol. The molecule has 0 fully saturated rings. The number of nitrogens with zero attached hydrogens (tertiary/aromatic N) is 1. The van der Waals surface area contributed by atoms with E-state index in [-0.39, 0.29) is 28.4 Å². The topological polar surface area (TPSA) is 57.6 Å². The first kappa shape index (κ1) is 11.9. The normalized spacial score (nSPS) is 14.4. The molecule has 4 nitrogen and oxygen atoms in total. The van der Waals surface area contributed by atoms with Crippen LogP contribution in [0.25, 0.3) is 0 Å². The molecule has 2 rings (SSSR count). The van der Waals surface area contributed by atoms with Crippen LogP contribution in [0, 0.1) is 0 Å². The van der Waals surface area contributed by atoms with Crippen molar-refractivity contribution in [2.75, 3.05) is 14.1 Å². The first-order chi connectivity index (χ1) is 7.93. The predicted octanol–water partition coefficient (Wildman–Crippen LogP) is 1.98. The molecule has 1 aliphatic carbocycles. The van der Waals surface area contributed by atoms with Crippen molar-refractivity contribution in [3.05, 3.63) is 39.5 Å². The fourth-order valence-electron chi connectivity index (χ4n) is 1.74. The predicted molar refractivity (Wildman–Crippen MR) is 66.2 cm³/mol. The first-order valence-corrected chi connectivity index (χ1v) is 5.72. The summed E-state index contributed by atoms with van der Waals surface area (Å²) in [7, 11) is 3.39. The molecule has 0 aliphatic heterocycles. The number of allylic oxidation sites excluding steroid dienone is 2. The lowest BCUT2D eigenvalue weighted by atomic mass is 9.91. The van der Waals surface area contributed by atoms with Gasteiger partial charge in [0, 0.05) is 25.7 Å². The fraction of sp³-hybridized carbons (Fsp3) is 0.167. The zero-order valence-electron chi connectivity index (χ0n) is 9.32. The molecule has 0 aromatic heterocycles. The summed E-state index contributed by atoms with van der Waals surface area (Å²) in [4.78, 5) is 25.5. The van der Waals surface area contributed by atoms with E-state index >= 15 is 0 Å². The molecule has 0 heterocycles. The van der Waals surface area contributed by atoms with Gasteiger partial charge in [0.1, 0.15) is 5.75 Å². The van der Waals surface area contributed by atoms with E-state index in [1.165, 1.54) is 12.1 Å². The number of aromatic hydroxyl groups is 1. The van der Waals surface area contributed by atoms with E-state index < -0.39 is 0 Å². The van der Waals surface area contributed by atoms with Crippen LogP contribution < -0.4 is 0 Å². The number of rotatable bonds is 1. The van der Waals surface area contributed by atoms with Crippen LogP contribution in [0.3, 0.4) is 0 Å². The van der Waals surface area contributed by atoms with Gasteiger partial charge in [-0.05, 0) is 28.1 Å². The van der Waals surface area contributed by atoms with Crippen molar-refractivity contribution in [2.24, 2.45) is 0 Å². The van der Waals surface area contributed by atoms with Gasteiger partial charge < -0.3 is 10.0 Å².